The molecule has 0 unspecified atom stereocenters. The summed E-state index contributed by atoms with van der Waals surface area (Å²) in [7, 11) is -3.93. The van der Waals surface area contributed by atoms with Gasteiger partial charge in [-0.3, -0.25) is 9.10 Å². The van der Waals surface area contributed by atoms with Gasteiger partial charge in [-0.25, -0.2) is 17.2 Å². The summed E-state index contributed by atoms with van der Waals surface area (Å²) in [5.74, 6) is -2.85. The van der Waals surface area contributed by atoms with Gasteiger partial charge in [0.05, 0.1) is 18.0 Å². The Bertz CT molecular complexity index is 1020. The molecule has 0 aliphatic carbocycles. The van der Waals surface area contributed by atoms with Gasteiger partial charge in [-0.2, -0.15) is 0 Å². The van der Waals surface area contributed by atoms with Crippen LogP contribution in [0, 0.1) is 11.6 Å². The highest BCUT2D eigenvalue weighted by molar-refractivity contribution is 7.92. The highest BCUT2D eigenvalue weighted by Crippen LogP contribution is 2.25. The van der Waals surface area contributed by atoms with E-state index in [1.54, 1.807) is 6.92 Å². The van der Waals surface area contributed by atoms with E-state index in [1.165, 1.54) is 6.92 Å². The van der Waals surface area contributed by atoms with Crippen LogP contribution in [0.25, 0.3) is 0 Å². The largest absolute Gasteiger partial charge is 0.348 e. The van der Waals surface area contributed by atoms with Crippen LogP contribution in [0.5, 0.6) is 0 Å². The molecular formula is C22H28F2N2O3S. The minimum Gasteiger partial charge on any atom is -0.348 e. The van der Waals surface area contributed by atoms with Crippen molar-refractivity contribution in [3.63, 3.8) is 0 Å². The molecule has 0 spiro atoms. The van der Waals surface area contributed by atoms with Crippen LogP contribution >= 0.6 is 0 Å². The molecule has 0 aromatic heterocycles. The van der Waals surface area contributed by atoms with Crippen LogP contribution in [-0.2, 0) is 20.2 Å². The van der Waals surface area contributed by atoms with Crippen molar-refractivity contribution in [3.8, 4) is 0 Å². The fourth-order valence-corrected chi connectivity index (χ4v) is 4.29. The van der Waals surface area contributed by atoms with Crippen molar-refractivity contribution in [3.05, 3.63) is 65.2 Å². The van der Waals surface area contributed by atoms with Crippen molar-refractivity contribution in [2.45, 2.75) is 52.1 Å². The fraction of sp³-hybridized carbons (Fsp3) is 0.409. The monoisotopic (exact) mass is 438 g/mol. The van der Waals surface area contributed by atoms with Crippen LogP contribution < -0.4 is 9.62 Å². The number of hydrogen-bond acceptors (Lipinski definition) is 3. The van der Waals surface area contributed by atoms with Crippen molar-refractivity contribution in [2.24, 2.45) is 0 Å². The van der Waals surface area contributed by atoms with Gasteiger partial charge in [-0.15, -0.1) is 0 Å². The smallest absolute Gasteiger partial charge is 0.244 e. The van der Waals surface area contributed by atoms with Gasteiger partial charge in [-0.1, -0.05) is 45.0 Å². The summed E-state index contributed by atoms with van der Waals surface area (Å²) >= 11 is 0. The number of carbonyl (C=O) groups excluding carboxylic acids is 1. The summed E-state index contributed by atoms with van der Waals surface area (Å²) in [5.41, 5.74) is 1.89. The highest BCUT2D eigenvalue weighted by Gasteiger charge is 2.30. The summed E-state index contributed by atoms with van der Waals surface area (Å²) < 4.78 is 52.3. The van der Waals surface area contributed by atoms with Gasteiger partial charge >= 0.3 is 0 Å². The first-order valence-electron chi connectivity index (χ1n) is 9.57. The van der Waals surface area contributed by atoms with Gasteiger partial charge in [-0.05, 0) is 42.5 Å². The summed E-state index contributed by atoms with van der Waals surface area (Å²) in [6, 6.07) is 8.98. The molecular weight excluding hydrogens is 410 g/mol. The molecule has 0 saturated carbocycles. The molecule has 8 heteroatoms. The zero-order valence-electron chi connectivity index (χ0n) is 18.0. The van der Waals surface area contributed by atoms with Crippen LogP contribution in [0.4, 0.5) is 14.5 Å². The molecule has 0 saturated heterocycles. The zero-order chi connectivity index (χ0) is 22.9. The molecule has 0 aliphatic rings. The van der Waals surface area contributed by atoms with E-state index < -0.39 is 33.6 Å². The first-order chi connectivity index (χ1) is 13.7. The molecule has 0 fully saturated rings. The van der Waals surface area contributed by atoms with E-state index in [4.69, 9.17) is 0 Å². The van der Waals surface area contributed by atoms with Crippen LogP contribution in [0.15, 0.2) is 42.5 Å². The molecule has 2 rings (SSSR count). The minimum absolute atomic E-state index is 0.0000508. The number of anilines is 1. The molecule has 2 aromatic carbocycles. The maximum absolute atomic E-state index is 13.6. The topological polar surface area (TPSA) is 66.5 Å². The molecule has 30 heavy (non-hydrogen) atoms. The second-order valence-corrected chi connectivity index (χ2v) is 10.3. The zero-order valence-corrected chi connectivity index (χ0v) is 18.8. The number of carbonyl (C=O) groups is 1. The predicted molar refractivity (Wildman–Crippen MR) is 115 cm³/mol. The molecule has 2 aromatic rings. The van der Waals surface area contributed by atoms with E-state index in [2.05, 4.69) is 26.1 Å². The molecule has 0 heterocycles. The second-order valence-electron chi connectivity index (χ2n) is 8.44. The summed E-state index contributed by atoms with van der Waals surface area (Å²) in [6.45, 7) is 9.50. The molecule has 0 radical (unpaired) electrons. The average molecular weight is 439 g/mol. The number of halogens is 2. The Balaban J connectivity index is 2.23. The Kier molecular flexibility index (Phi) is 6.91. The van der Waals surface area contributed by atoms with E-state index in [-0.39, 0.29) is 17.1 Å². The van der Waals surface area contributed by atoms with Gasteiger partial charge < -0.3 is 5.32 Å². The lowest BCUT2D eigenvalue weighted by atomic mass is 9.86. The van der Waals surface area contributed by atoms with Crippen molar-refractivity contribution in [1.29, 1.82) is 0 Å². The van der Waals surface area contributed by atoms with Gasteiger partial charge in [0, 0.05) is 6.07 Å². The fourth-order valence-electron chi connectivity index (χ4n) is 3.12. The molecule has 5 nitrogen and oxygen atoms in total. The highest BCUT2D eigenvalue weighted by atomic mass is 32.2. The second kappa shape index (κ2) is 8.71. The van der Waals surface area contributed by atoms with E-state index in [0.29, 0.717) is 0 Å². The number of sulfonamides is 1. The minimum atomic E-state index is -3.93. The number of hydrogen-bond donors (Lipinski definition) is 1. The third kappa shape index (κ3) is 5.56. The summed E-state index contributed by atoms with van der Waals surface area (Å²) in [6.07, 6.45) is 0.909. The van der Waals surface area contributed by atoms with E-state index in [9.17, 15) is 22.0 Å². The molecule has 0 aliphatic heterocycles. The van der Waals surface area contributed by atoms with Gasteiger partial charge in [0.15, 0.2) is 11.6 Å². The van der Waals surface area contributed by atoms with Crippen LogP contribution in [0.2, 0.25) is 0 Å². The van der Waals surface area contributed by atoms with Crippen molar-refractivity contribution in [2.75, 3.05) is 10.6 Å². The Morgan fingerprint density at radius 2 is 1.57 bits per heavy atom. The Labute approximate surface area is 177 Å². The van der Waals surface area contributed by atoms with Gasteiger partial charge in [0.2, 0.25) is 15.9 Å². The van der Waals surface area contributed by atoms with Crippen LogP contribution in [-0.4, -0.2) is 26.6 Å². The first kappa shape index (κ1) is 23.8. The lowest BCUT2D eigenvalue weighted by molar-refractivity contribution is -0.122. The summed E-state index contributed by atoms with van der Waals surface area (Å²) in [5, 5.41) is 2.79. The maximum Gasteiger partial charge on any atom is 0.244 e. The number of nitrogens with one attached hydrogen (secondary N) is 1. The lowest BCUT2D eigenvalue weighted by Crippen LogP contribution is -2.48. The molecule has 164 valence electrons. The molecule has 0 bridgehead atoms. The standard InChI is InChI=1S/C22H28F2N2O3S/c1-14(16-7-9-17(10-8-16)22(3,4)5)25-21(27)15(2)26(30(6,28)29)18-11-12-19(23)20(24)13-18/h7-15H,1-6H3,(H,25,27)/t14-,15+/m0/s1. The van der Waals surface area contributed by atoms with Crippen LogP contribution in [0.3, 0.4) is 0 Å². The maximum atomic E-state index is 13.6. The molecule has 1 amide bonds. The molecule has 1 N–H and O–H groups in total. The van der Waals surface area contributed by atoms with Gasteiger partial charge in [0.25, 0.3) is 0 Å². The quantitative estimate of drug-likeness (QED) is 0.732. The van der Waals surface area contributed by atoms with Gasteiger partial charge in [0.1, 0.15) is 6.04 Å². The number of amides is 1. The third-order valence-corrected chi connectivity index (χ3v) is 6.12. The average Bonchev–Trinajstić information content (AvgIpc) is 2.63. The number of nitrogens with zero attached hydrogens (tertiary/aromatic N) is 1. The van der Waals surface area contributed by atoms with E-state index in [0.717, 1.165) is 39.9 Å². The van der Waals surface area contributed by atoms with Crippen molar-refractivity contribution in [1.82, 2.24) is 5.32 Å². The number of benzene rings is 2. The SMILES string of the molecule is C[C@H](NC(=O)[C@@H](C)N(c1ccc(F)c(F)c1)S(C)(=O)=O)c1ccc(C(C)(C)C)cc1. The lowest BCUT2D eigenvalue weighted by Gasteiger charge is -2.29. The number of rotatable bonds is 6. The normalized spacial score (nSPS) is 14.1. The Morgan fingerprint density at radius 1 is 1.00 bits per heavy atom. The summed E-state index contributed by atoms with van der Waals surface area (Å²) in [4.78, 5) is 12.8. The Morgan fingerprint density at radius 3 is 2.03 bits per heavy atom. The Hall–Kier alpha value is -2.48. The van der Waals surface area contributed by atoms with Crippen LogP contribution in [0.1, 0.15) is 51.8 Å². The first-order valence-corrected chi connectivity index (χ1v) is 11.4. The van der Waals surface area contributed by atoms with Crippen molar-refractivity contribution >= 4 is 21.6 Å². The molecule has 2 atom stereocenters. The third-order valence-electron chi connectivity index (χ3n) is 4.88. The van der Waals surface area contributed by atoms with E-state index >= 15 is 0 Å². The van der Waals surface area contributed by atoms with Crippen molar-refractivity contribution < 1.29 is 22.0 Å². The predicted octanol–water partition coefficient (Wildman–Crippen LogP) is 4.29. The van der Waals surface area contributed by atoms with E-state index in [1.807, 2.05) is 24.3 Å².